The third kappa shape index (κ3) is 7.68. The first-order valence-electron chi connectivity index (χ1n) is 10.4. The zero-order chi connectivity index (χ0) is 20.2. The van der Waals surface area contributed by atoms with Crippen LogP contribution in [0.1, 0.15) is 32.8 Å². The highest BCUT2D eigenvalue weighted by Gasteiger charge is 2.25. The molecule has 1 aliphatic rings. The van der Waals surface area contributed by atoms with Gasteiger partial charge in [0.2, 0.25) is 0 Å². The minimum atomic E-state index is 0.501. The molecule has 0 aromatic heterocycles. The molecule has 1 aromatic carbocycles. The van der Waals surface area contributed by atoms with Gasteiger partial charge in [0.15, 0.2) is 5.96 Å². The molecule has 0 saturated carbocycles. The van der Waals surface area contributed by atoms with Crippen LogP contribution in [0.5, 0.6) is 5.75 Å². The van der Waals surface area contributed by atoms with Crippen LogP contribution in [0.2, 0.25) is 0 Å². The summed E-state index contributed by atoms with van der Waals surface area (Å²) in [6.07, 6.45) is 1.13. The van der Waals surface area contributed by atoms with Crippen molar-refractivity contribution >= 4 is 5.96 Å². The molecule has 1 aromatic rings. The maximum atomic E-state index is 5.97. The Morgan fingerprint density at radius 2 is 2.11 bits per heavy atom. The third-order valence-corrected chi connectivity index (χ3v) is 4.65. The molecule has 0 spiro atoms. The monoisotopic (exact) mass is 391 g/mol. The molecule has 1 aliphatic heterocycles. The van der Waals surface area contributed by atoms with Crippen LogP contribution >= 0.6 is 0 Å². The van der Waals surface area contributed by atoms with E-state index in [1.54, 1.807) is 7.11 Å². The fraction of sp³-hybridized carbons (Fsp3) is 0.682. The van der Waals surface area contributed by atoms with Gasteiger partial charge in [-0.2, -0.15) is 0 Å². The highest BCUT2D eigenvalue weighted by atomic mass is 16.5. The zero-order valence-electron chi connectivity index (χ0n) is 17.9. The average Bonchev–Trinajstić information content (AvgIpc) is 3.16. The Morgan fingerprint density at radius 3 is 2.86 bits per heavy atom. The normalized spacial score (nSPS) is 17.4. The Morgan fingerprint density at radius 1 is 1.29 bits per heavy atom. The first-order valence-corrected chi connectivity index (χ1v) is 10.4. The van der Waals surface area contributed by atoms with E-state index in [0.29, 0.717) is 31.6 Å². The van der Waals surface area contributed by atoms with E-state index in [4.69, 9.17) is 19.2 Å². The Hall–Kier alpha value is -1.79. The molecule has 1 fully saturated rings. The number of benzene rings is 1. The van der Waals surface area contributed by atoms with E-state index >= 15 is 0 Å². The molecule has 0 bridgehead atoms. The van der Waals surface area contributed by atoms with E-state index in [1.807, 2.05) is 18.2 Å². The minimum Gasteiger partial charge on any atom is -0.493 e. The fourth-order valence-electron chi connectivity index (χ4n) is 3.17. The van der Waals surface area contributed by atoms with Gasteiger partial charge in [0.1, 0.15) is 5.75 Å². The van der Waals surface area contributed by atoms with E-state index in [9.17, 15) is 0 Å². The highest BCUT2D eigenvalue weighted by Crippen LogP contribution is 2.21. The summed E-state index contributed by atoms with van der Waals surface area (Å²) in [5.41, 5.74) is 1.12. The SMILES string of the molecule is CCNC(=NCc1ccccc1OCC(C)C)N1CCC(COCCOC)C1. The van der Waals surface area contributed by atoms with E-state index in [0.717, 1.165) is 56.5 Å². The summed E-state index contributed by atoms with van der Waals surface area (Å²) in [7, 11) is 1.70. The summed E-state index contributed by atoms with van der Waals surface area (Å²) in [6.45, 7) is 12.7. The topological polar surface area (TPSA) is 55.3 Å². The van der Waals surface area contributed by atoms with Crippen LogP contribution < -0.4 is 10.1 Å². The van der Waals surface area contributed by atoms with E-state index < -0.39 is 0 Å². The number of likely N-dealkylation sites (tertiary alicyclic amines) is 1. The number of nitrogens with zero attached hydrogens (tertiary/aromatic N) is 2. The van der Waals surface area contributed by atoms with E-state index in [1.165, 1.54) is 0 Å². The van der Waals surface area contributed by atoms with Gasteiger partial charge in [-0.25, -0.2) is 4.99 Å². The lowest BCUT2D eigenvalue weighted by Gasteiger charge is -2.22. The van der Waals surface area contributed by atoms with Crippen molar-refractivity contribution in [1.82, 2.24) is 10.2 Å². The number of rotatable bonds is 11. The molecule has 0 amide bonds. The number of ether oxygens (including phenoxy) is 3. The maximum Gasteiger partial charge on any atom is 0.194 e. The van der Waals surface area contributed by atoms with Crippen molar-refractivity contribution in [2.75, 3.05) is 53.2 Å². The van der Waals surface area contributed by atoms with Crippen LogP contribution in [0.3, 0.4) is 0 Å². The second kappa shape index (κ2) is 12.6. The number of hydrogen-bond donors (Lipinski definition) is 1. The number of hydrogen-bond acceptors (Lipinski definition) is 4. The Bertz CT molecular complexity index is 592. The smallest absolute Gasteiger partial charge is 0.194 e. The Balaban J connectivity index is 1.94. The second-order valence-corrected chi connectivity index (χ2v) is 7.65. The average molecular weight is 392 g/mol. The predicted octanol–water partition coefficient (Wildman–Crippen LogP) is 3.17. The molecule has 6 heteroatoms. The van der Waals surface area contributed by atoms with Crippen molar-refractivity contribution < 1.29 is 14.2 Å². The zero-order valence-corrected chi connectivity index (χ0v) is 17.9. The van der Waals surface area contributed by atoms with Crippen LogP contribution in [-0.2, 0) is 16.0 Å². The molecule has 1 unspecified atom stereocenters. The minimum absolute atomic E-state index is 0.501. The van der Waals surface area contributed by atoms with Crippen molar-refractivity contribution in [2.45, 2.75) is 33.7 Å². The molecule has 2 rings (SSSR count). The number of aliphatic imine (C=N–C) groups is 1. The fourth-order valence-corrected chi connectivity index (χ4v) is 3.17. The summed E-state index contributed by atoms with van der Waals surface area (Å²) < 4.78 is 16.7. The number of nitrogens with one attached hydrogen (secondary N) is 1. The van der Waals surface area contributed by atoms with Crippen molar-refractivity contribution in [2.24, 2.45) is 16.8 Å². The van der Waals surface area contributed by atoms with Crippen molar-refractivity contribution in [3.63, 3.8) is 0 Å². The molecule has 28 heavy (non-hydrogen) atoms. The molecule has 0 radical (unpaired) electrons. The lowest BCUT2D eigenvalue weighted by molar-refractivity contribution is 0.0536. The summed E-state index contributed by atoms with van der Waals surface area (Å²) in [6, 6.07) is 8.19. The van der Waals surface area contributed by atoms with Gasteiger partial charge in [-0.1, -0.05) is 32.0 Å². The van der Waals surface area contributed by atoms with Gasteiger partial charge in [-0.15, -0.1) is 0 Å². The van der Waals surface area contributed by atoms with Gasteiger partial charge in [-0.3, -0.25) is 0 Å². The Labute approximate surface area is 170 Å². The molecule has 0 aliphatic carbocycles. The summed E-state index contributed by atoms with van der Waals surface area (Å²) in [5.74, 6) is 2.95. The number of methoxy groups -OCH3 is 1. The van der Waals surface area contributed by atoms with Crippen LogP contribution in [0.4, 0.5) is 0 Å². The summed E-state index contributed by atoms with van der Waals surface area (Å²) in [4.78, 5) is 7.23. The lowest BCUT2D eigenvalue weighted by atomic mass is 10.1. The van der Waals surface area contributed by atoms with E-state index in [2.05, 4.69) is 37.1 Å². The molecular weight excluding hydrogens is 354 g/mol. The maximum absolute atomic E-state index is 5.97. The highest BCUT2D eigenvalue weighted by molar-refractivity contribution is 5.80. The van der Waals surface area contributed by atoms with Crippen LogP contribution in [0, 0.1) is 11.8 Å². The molecule has 1 heterocycles. The lowest BCUT2D eigenvalue weighted by Crippen LogP contribution is -2.40. The first-order chi connectivity index (χ1) is 13.6. The van der Waals surface area contributed by atoms with Crippen molar-refractivity contribution in [1.29, 1.82) is 0 Å². The molecular formula is C22H37N3O3. The van der Waals surface area contributed by atoms with Crippen LogP contribution in [0.25, 0.3) is 0 Å². The number of para-hydroxylation sites is 1. The van der Waals surface area contributed by atoms with Gasteiger partial charge in [0, 0.05) is 38.2 Å². The standard InChI is InChI=1S/C22H37N3O3/c1-5-23-22(25-11-10-19(15-25)17-27-13-12-26-4)24-14-20-8-6-7-9-21(20)28-16-18(2)3/h6-9,18-19H,5,10-17H2,1-4H3,(H,23,24). The van der Waals surface area contributed by atoms with Crippen molar-refractivity contribution in [3.8, 4) is 5.75 Å². The van der Waals surface area contributed by atoms with Gasteiger partial charge in [0.25, 0.3) is 0 Å². The van der Waals surface area contributed by atoms with Crippen LogP contribution in [-0.4, -0.2) is 64.0 Å². The molecule has 1 N–H and O–H groups in total. The van der Waals surface area contributed by atoms with Crippen molar-refractivity contribution in [3.05, 3.63) is 29.8 Å². The van der Waals surface area contributed by atoms with Gasteiger partial charge in [-0.05, 0) is 25.3 Å². The largest absolute Gasteiger partial charge is 0.493 e. The quantitative estimate of drug-likeness (QED) is 0.357. The molecule has 158 valence electrons. The third-order valence-electron chi connectivity index (χ3n) is 4.65. The van der Waals surface area contributed by atoms with Gasteiger partial charge < -0.3 is 24.4 Å². The predicted molar refractivity (Wildman–Crippen MR) is 114 cm³/mol. The van der Waals surface area contributed by atoms with Crippen LogP contribution in [0.15, 0.2) is 29.3 Å². The van der Waals surface area contributed by atoms with E-state index in [-0.39, 0.29) is 0 Å². The van der Waals surface area contributed by atoms with Gasteiger partial charge >= 0.3 is 0 Å². The number of guanidine groups is 1. The summed E-state index contributed by atoms with van der Waals surface area (Å²) in [5, 5.41) is 3.44. The first kappa shape index (κ1) is 22.5. The molecule has 1 atom stereocenters. The Kier molecular flexibility index (Phi) is 10.1. The van der Waals surface area contributed by atoms with Gasteiger partial charge in [0.05, 0.1) is 33.0 Å². The molecule has 6 nitrogen and oxygen atoms in total. The molecule has 1 saturated heterocycles. The summed E-state index contributed by atoms with van der Waals surface area (Å²) >= 11 is 0. The second-order valence-electron chi connectivity index (χ2n) is 7.65.